The fourth-order valence-corrected chi connectivity index (χ4v) is 9.38. The van der Waals surface area contributed by atoms with Crippen LogP contribution in [0, 0.1) is 0 Å². The topological polar surface area (TPSA) is 29.3 Å². The van der Waals surface area contributed by atoms with Crippen LogP contribution >= 0.6 is 11.3 Å². The van der Waals surface area contributed by atoms with Crippen molar-refractivity contribution in [1.29, 1.82) is 0 Å². The van der Waals surface area contributed by atoms with E-state index in [0.717, 1.165) is 22.8 Å². The fourth-order valence-electron chi connectivity index (χ4n) is 8.26. The van der Waals surface area contributed by atoms with Gasteiger partial charge in [0.15, 0.2) is 0 Å². The SMILES string of the molecule is c1ccc(-c2cc3c(c4ccccc24)c2cc4c(cc2n3-c2ccc(C3=Nc5ccccc5C(c5ccccc5)N3)cc2)sc2ccccc24)cc1. The predicted molar refractivity (Wildman–Crippen MR) is 221 cm³/mol. The molecule has 4 heteroatoms. The van der Waals surface area contributed by atoms with Gasteiger partial charge in [0, 0.05) is 47.8 Å². The quantitative estimate of drug-likeness (QED) is 0.197. The molecule has 0 fully saturated rings. The highest BCUT2D eigenvalue weighted by atomic mass is 32.1. The van der Waals surface area contributed by atoms with Crippen molar-refractivity contribution in [3.05, 3.63) is 193 Å². The van der Waals surface area contributed by atoms with Gasteiger partial charge in [-0.1, -0.05) is 121 Å². The molecule has 8 aromatic carbocycles. The standard InChI is InChI=1S/C48H31N3S/c1-3-13-30(14-4-1)38-28-43-46(36-19-8-7-17-34(36)38)40-27-39-35-18-10-12-22-44(35)52-45(39)29-42(40)51(43)33-25-23-32(24-26-33)48-49-41-21-11-9-20-37(41)47(50-48)31-15-5-2-6-16-31/h1-29,47H,(H,49,50). The first kappa shape index (κ1) is 29.3. The Labute approximate surface area is 304 Å². The number of fused-ring (bicyclic) bond motifs is 9. The second-order valence-corrected chi connectivity index (χ2v) is 14.7. The number of thiophene rings is 1. The summed E-state index contributed by atoms with van der Waals surface area (Å²) >= 11 is 1.87. The summed E-state index contributed by atoms with van der Waals surface area (Å²) in [5.41, 5.74) is 10.5. The number of para-hydroxylation sites is 1. The number of hydrogen-bond acceptors (Lipinski definition) is 3. The summed E-state index contributed by atoms with van der Waals surface area (Å²) in [6.07, 6.45) is 0. The summed E-state index contributed by atoms with van der Waals surface area (Å²) < 4.78 is 5.08. The van der Waals surface area contributed by atoms with Crippen molar-refractivity contribution in [3.8, 4) is 16.8 Å². The minimum Gasteiger partial charge on any atom is -0.359 e. The Kier molecular flexibility index (Phi) is 6.48. The monoisotopic (exact) mass is 681 g/mol. The summed E-state index contributed by atoms with van der Waals surface area (Å²) in [5, 5.41) is 11.5. The molecular formula is C48H31N3S. The fraction of sp³-hybridized carbons (Fsp3) is 0.0208. The van der Waals surface area contributed by atoms with Crippen LogP contribution in [0.3, 0.4) is 0 Å². The molecule has 0 aliphatic carbocycles. The molecular weight excluding hydrogens is 651 g/mol. The maximum atomic E-state index is 5.12. The molecule has 244 valence electrons. The molecule has 1 atom stereocenters. The average molecular weight is 682 g/mol. The molecule has 3 heterocycles. The number of nitrogens with zero attached hydrogens (tertiary/aromatic N) is 2. The van der Waals surface area contributed by atoms with Crippen LogP contribution in [0.15, 0.2) is 181 Å². The predicted octanol–water partition coefficient (Wildman–Crippen LogP) is 12.7. The van der Waals surface area contributed by atoms with Crippen molar-refractivity contribution in [3.63, 3.8) is 0 Å². The van der Waals surface area contributed by atoms with Crippen LogP contribution in [-0.2, 0) is 0 Å². The first-order chi connectivity index (χ1) is 25.8. The lowest BCUT2D eigenvalue weighted by atomic mass is 9.94. The van der Waals surface area contributed by atoms with Gasteiger partial charge in [0.25, 0.3) is 0 Å². The van der Waals surface area contributed by atoms with Crippen molar-refractivity contribution in [2.24, 2.45) is 4.99 Å². The third-order valence-electron chi connectivity index (χ3n) is 10.6. The number of aliphatic imine (C=N–C) groups is 1. The van der Waals surface area contributed by atoms with Gasteiger partial charge in [-0.05, 0) is 82.1 Å². The van der Waals surface area contributed by atoms with Gasteiger partial charge in [0.1, 0.15) is 5.84 Å². The molecule has 10 aromatic rings. The van der Waals surface area contributed by atoms with E-state index in [-0.39, 0.29) is 6.04 Å². The smallest absolute Gasteiger partial charge is 0.134 e. The number of aromatic nitrogens is 1. The normalized spacial score (nSPS) is 14.2. The van der Waals surface area contributed by atoms with E-state index >= 15 is 0 Å². The lowest BCUT2D eigenvalue weighted by Crippen LogP contribution is -2.32. The number of rotatable bonds is 4. The van der Waals surface area contributed by atoms with Crippen LogP contribution in [0.4, 0.5) is 5.69 Å². The van der Waals surface area contributed by atoms with Crippen LogP contribution in [-0.4, -0.2) is 10.4 Å². The molecule has 52 heavy (non-hydrogen) atoms. The molecule has 0 saturated heterocycles. The lowest BCUT2D eigenvalue weighted by molar-refractivity contribution is 0.749. The summed E-state index contributed by atoms with van der Waals surface area (Å²) in [4.78, 5) is 5.12. The lowest BCUT2D eigenvalue weighted by Gasteiger charge is -2.27. The van der Waals surface area contributed by atoms with E-state index in [0.29, 0.717) is 0 Å². The second-order valence-electron chi connectivity index (χ2n) is 13.6. The van der Waals surface area contributed by atoms with E-state index in [1.54, 1.807) is 0 Å². The van der Waals surface area contributed by atoms with E-state index in [1.807, 2.05) is 11.3 Å². The Bertz CT molecular complexity index is 3030. The van der Waals surface area contributed by atoms with Crippen molar-refractivity contribution < 1.29 is 0 Å². The highest BCUT2D eigenvalue weighted by Crippen LogP contribution is 2.45. The van der Waals surface area contributed by atoms with E-state index in [9.17, 15) is 0 Å². The molecule has 0 radical (unpaired) electrons. The van der Waals surface area contributed by atoms with Crippen molar-refractivity contribution in [2.75, 3.05) is 0 Å². The van der Waals surface area contributed by atoms with E-state index < -0.39 is 0 Å². The third-order valence-corrected chi connectivity index (χ3v) is 11.8. The molecule has 0 spiro atoms. The first-order valence-electron chi connectivity index (χ1n) is 17.7. The van der Waals surface area contributed by atoms with E-state index in [2.05, 4.69) is 186 Å². The zero-order valence-corrected chi connectivity index (χ0v) is 28.9. The first-order valence-corrected chi connectivity index (χ1v) is 18.6. The summed E-state index contributed by atoms with van der Waals surface area (Å²) in [6, 6.07) is 63.8. The van der Waals surface area contributed by atoms with Crippen LogP contribution in [0.5, 0.6) is 0 Å². The Morgan fingerprint density at radius 3 is 2.02 bits per heavy atom. The largest absolute Gasteiger partial charge is 0.359 e. The van der Waals surface area contributed by atoms with Crippen LogP contribution in [0.1, 0.15) is 22.7 Å². The Hall–Kier alpha value is -6.49. The van der Waals surface area contributed by atoms with Gasteiger partial charge in [-0.15, -0.1) is 11.3 Å². The zero-order valence-electron chi connectivity index (χ0n) is 28.1. The molecule has 0 bridgehead atoms. The Morgan fingerprint density at radius 2 is 1.19 bits per heavy atom. The van der Waals surface area contributed by atoms with Crippen molar-refractivity contribution in [2.45, 2.75) is 6.04 Å². The molecule has 11 rings (SSSR count). The summed E-state index contributed by atoms with van der Waals surface area (Å²) in [5.74, 6) is 0.880. The maximum Gasteiger partial charge on any atom is 0.134 e. The Morgan fingerprint density at radius 1 is 0.500 bits per heavy atom. The van der Waals surface area contributed by atoms with Gasteiger partial charge < -0.3 is 9.88 Å². The van der Waals surface area contributed by atoms with Gasteiger partial charge in [-0.2, -0.15) is 0 Å². The average Bonchev–Trinajstić information content (AvgIpc) is 3.74. The minimum atomic E-state index is 0.0234. The maximum absolute atomic E-state index is 5.12. The molecule has 1 aliphatic rings. The van der Waals surface area contributed by atoms with Gasteiger partial charge in [0.2, 0.25) is 0 Å². The van der Waals surface area contributed by atoms with Crippen molar-refractivity contribution >= 4 is 75.6 Å². The highest BCUT2D eigenvalue weighted by molar-refractivity contribution is 7.25. The Balaban J connectivity index is 1.14. The van der Waals surface area contributed by atoms with Crippen LogP contribution < -0.4 is 5.32 Å². The van der Waals surface area contributed by atoms with Gasteiger partial charge in [-0.3, -0.25) is 0 Å². The zero-order chi connectivity index (χ0) is 34.2. The van der Waals surface area contributed by atoms with Crippen molar-refractivity contribution in [1.82, 2.24) is 9.88 Å². The molecule has 1 N–H and O–H groups in total. The number of hydrogen-bond donors (Lipinski definition) is 1. The molecule has 2 aromatic heterocycles. The van der Waals surface area contributed by atoms with Gasteiger partial charge >= 0.3 is 0 Å². The molecule has 1 unspecified atom stereocenters. The minimum absolute atomic E-state index is 0.0234. The third kappa shape index (κ3) is 4.48. The van der Waals surface area contributed by atoms with Crippen LogP contribution in [0.2, 0.25) is 0 Å². The van der Waals surface area contributed by atoms with Gasteiger partial charge in [0.05, 0.1) is 22.8 Å². The summed E-state index contributed by atoms with van der Waals surface area (Å²) in [6.45, 7) is 0. The number of amidine groups is 1. The summed E-state index contributed by atoms with van der Waals surface area (Å²) in [7, 11) is 0. The molecule has 0 amide bonds. The van der Waals surface area contributed by atoms with E-state index in [4.69, 9.17) is 4.99 Å². The molecule has 1 aliphatic heterocycles. The molecule has 3 nitrogen and oxygen atoms in total. The van der Waals surface area contributed by atoms with Crippen LogP contribution in [0.25, 0.3) is 69.6 Å². The number of nitrogens with one attached hydrogen (secondary N) is 1. The van der Waals surface area contributed by atoms with E-state index in [1.165, 1.54) is 75.0 Å². The van der Waals surface area contributed by atoms with Gasteiger partial charge in [-0.25, -0.2) is 4.99 Å². The highest BCUT2D eigenvalue weighted by Gasteiger charge is 2.25. The molecule has 0 saturated carbocycles. The second kappa shape index (κ2) is 11.5. The number of benzene rings is 8.